The zero-order valence-electron chi connectivity index (χ0n) is 11.4. The van der Waals surface area contributed by atoms with Gasteiger partial charge in [-0.05, 0) is 29.7 Å². The van der Waals surface area contributed by atoms with Crippen molar-refractivity contribution in [2.24, 2.45) is 5.41 Å². The fourth-order valence-corrected chi connectivity index (χ4v) is 2.00. The van der Waals surface area contributed by atoms with Crippen molar-refractivity contribution in [2.75, 3.05) is 0 Å². The van der Waals surface area contributed by atoms with E-state index < -0.39 is 0 Å². The summed E-state index contributed by atoms with van der Waals surface area (Å²) < 4.78 is 6.04. The molecule has 1 unspecified atom stereocenters. The van der Waals surface area contributed by atoms with Gasteiger partial charge in [0.1, 0.15) is 11.9 Å². The largest absolute Gasteiger partial charge is 0.485 e. The lowest BCUT2D eigenvalue weighted by atomic mass is 9.87. The van der Waals surface area contributed by atoms with Crippen molar-refractivity contribution < 1.29 is 4.74 Å². The maximum absolute atomic E-state index is 6.04. The van der Waals surface area contributed by atoms with E-state index in [0.29, 0.717) is 5.92 Å². The highest BCUT2D eigenvalue weighted by atomic mass is 16.5. The van der Waals surface area contributed by atoms with Crippen molar-refractivity contribution in [3.05, 3.63) is 35.4 Å². The molecule has 1 aliphatic rings. The van der Waals surface area contributed by atoms with Gasteiger partial charge in [0.2, 0.25) is 0 Å². The summed E-state index contributed by atoms with van der Waals surface area (Å²) in [5, 5.41) is 0. The van der Waals surface area contributed by atoms with E-state index in [4.69, 9.17) is 4.74 Å². The van der Waals surface area contributed by atoms with Crippen LogP contribution in [0.3, 0.4) is 0 Å². The summed E-state index contributed by atoms with van der Waals surface area (Å²) in [6, 6.07) is 6.50. The molecule has 92 valence electrons. The minimum absolute atomic E-state index is 0.144. The van der Waals surface area contributed by atoms with Gasteiger partial charge in [-0.25, -0.2) is 0 Å². The lowest BCUT2D eigenvalue weighted by molar-refractivity contribution is 0.126. The third-order valence-electron chi connectivity index (χ3n) is 3.26. The van der Waals surface area contributed by atoms with Gasteiger partial charge >= 0.3 is 0 Å². The number of hydrogen-bond acceptors (Lipinski definition) is 1. The van der Waals surface area contributed by atoms with Crippen molar-refractivity contribution in [1.29, 1.82) is 0 Å². The van der Waals surface area contributed by atoms with Crippen molar-refractivity contribution >= 4 is 6.08 Å². The van der Waals surface area contributed by atoms with Crippen LogP contribution in [0.5, 0.6) is 5.75 Å². The fourth-order valence-electron chi connectivity index (χ4n) is 2.00. The molecule has 0 fully saturated rings. The molecule has 0 saturated carbocycles. The first-order chi connectivity index (χ1) is 7.88. The predicted octanol–water partition coefficient (Wildman–Crippen LogP) is 4.63. The minimum Gasteiger partial charge on any atom is -0.485 e. The maximum atomic E-state index is 6.04. The molecule has 1 aliphatic heterocycles. The van der Waals surface area contributed by atoms with Crippen molar-refractivity contribution in [3.63, 3.8) is 0 Å². The van der Waals surface area contributed by atoms with E-state index in [1.165, 1.54) is 11.1 Å². The van der Waals surface area contributed by atoms with Crippen molar-refractivity contribution in [3.8, 4) is 5.75 Å². The molecule has 2 rings (SSSR count). The first-order valence-electron chi connectivity index (χ1n) is 6.37. The second-order valence-corrected chi connectivity index (χ2v) is 6.22. The van der Waals surface area contributed by atoms with Crippen LogP contribution in [0.2, 0.25) is 0 Å². The van der Waals surface area contributed by atoms with Gasteiger partial charge in [0, 0.05) is 11.0 Å². The number of hydrogen-bond donors (Lipinski definition) is 0. The van der Waals surface area contributed by atoms with Gasteiger partial charge < -0.3 is 4.74 Å². The summed E-state index contributed by atoms with van der Waals surface area (Å²) in [6.45, 7) is 11.0. The van der Waals surface area contributed by atoms with Crippen LogP contribution in [-0.4, -0.2) is 6.10 Å². The average Bonchev–Trinajstić information content (AvgIpc) is 2.26. The lowest BCUT2D eigenvalue weighted by Crippen LogP contribution is -2.31. The Morgan fingerprint density at radius 3 is 2.47 bits per heavy atom. The summed E-state index contributed by atoms with van der Waals surface area (Å²) in [5.74, 6) is 1.57. The molecule has 1 nitrogen and oxygen atoms in total. The normalized spacial score (nSPS) is 19.1. The van der Waals surface area contributed by atoms with Gasteiger partial charge in [0.25, 0.3) is 0 Å². The summed E-state index contributed by atoms with van der Waals surface area (Å²) in [4.78, 5) is 0. The molecular formula is C16H22O. The van der Waals surface area contributed by atoms with E-state index in [-0.39, 0.29) is 11.5 Å². The van der Waals surface area contributed by atoms with E-state index >= 15 is 0 Å². The molecule has 0 spiro atoms. The number of rotatable bonds is 1. The molecule has 1 aromatic rings. The molecule has 0 saturated heterocycles. The van der Waals surface area contributed by atoms with Crippen LogP contribution in [0, 0.1) is 5.41 Å². The number of ether oxygens (including phenoxy) is 1. The molecule has 0 bridgehead atoms. The first-order valence-corrected chi connectivity index (χ1v) is 6.37. The van der Waals surface area contributed by atoms with E-state index in [2.05, 4.69) is 65.0 Å². The van der Waals surface area contributed by atoms with Crippen LogP contribution in [-0.2, 0) is 0 Å². The Morgan fingerprint density at radius 2 is 1.88 bits per heavy atom. The molecule has 0 aromatic heterocycles. The van der Waals surface area contributed by atoms with Crippen LogP contribution in [0.4, 0.5) is 0 Å². The molecule has 1 atom stereocenters. The topological polar surface area (TPSA) is 9.23 Å². The lowest BCUT2D eigenvalue weighted by Gasteiger charge is -2.32. The van der Waals surface area contributed by atoms with Crippen LogP contribution in [0.1, 0.15) is 51.7 Å². The van der Waals surface area contributed by atoms with Gasteiger partial charge in [-0.15, -0.1) is 0 Å². The van der Waals surface area contributed by atoms with Gasteiger partial charge in [-0.1, -0.05) is 46.8 Å². The van der Waals surface area contributed by atoms with Gasteiger partial charge in [-0.3, -0.25) is 0 Å². The van der Waals surface area contributed by atoms with E-state index in [1.54, 1.807) is 0 Å². The van der Waals surface area contributed by atoms with Crippen LogP contribution < -0.4 is 4.74 Å². The molecule has 0 aliphatic carbocycles. The van der Waals surface area contributed by atoms with Crippen LogP contribution in [0.25, 0.3) is 6.08 Å². The Bertz CT molecular complexity index is 435. The minimum atomic E-state index is 0.144. The molecule has 1 heterocycles. The summed E-state index contributed by atoms with van der Waals surface area (Å²) in [6.07, 6.45) is 4.53. The van der Waals surface area contributed by atoms with E-state index in [0.717, 1.165) is 5.75 Å². The number of fused-ring (bicyclic) bond motifs is 1. The highest BCUT2D eigenvalue weighted by Crippen LogP contribution is 2.34. The average molecular weight is 230 g/mol. The third kappa shape index (κ3) is 2.54. The molecule has 17 heavy (non-hydrogen) atoms. The first kappa shape index (κ1) is 12.2. The highest BCUT2D eigenvalue weighted by molar-refractivity contribution is 5.61. The predicted molar refractivity (Wildman–Crippen MR) is 73.4 cm³/mol. The Labute approximate surface area is 104 Å². The zero-order valence-corrected chi connectivity index (χ0v) is 11.4. The Hall–Kier alpha value is -1.24. The third-order valence-corrected chi connectivity index (χ3v) is 3.26. The van der Waals surface area contributed by atoms with Gasteiger partial charge in [0.05, 0.1) is 0 Å². The summed E-state index contributed by atoms with van der Waals surface area (Å²) in [7, 11) is 0. The second-order valence-electron chi connectivity index (χ2n) is 6.22. The van der Waals surface area contributed by atoms with Crippen molar-refractivity contribution in [1.82, 2.24) is 0 Å². The van der Waals surface area contributed by atoms with Crippen LogP contribution in [0.15, 0.2) is 24.3 Å². The molecule has 0 N–H and O–H groups in total. The molecular weight excluding hydrogens is 208 g/mol. The fraction of sp³-hybridized carbons (Fsp3) is 0.500. The molecule has 0 amide bonds. The molecule has 0 radical (unpaired) electrons. The monoisotopic (exact) mass is 230 g/mol. The van der Waals surface area contributed by atoms with Crippen LogP contribution >= 0.6 is 0 Å². The Morgan fingerprint density at radius 1 is 1.18 bits per heavy atom. The SMILES string of the molecule is CC(C)c1ccc2c(c1)C=CC(C(C)(C)C)O2. The number of benzene rings is 1. The van der Waals surface area contributed by atoms with Gasteiger partial charge in [0.15, 0.2) is 0 Å². The standard InChI is InChI=1S/C16H22O/c1-11(2)12-6-8-14-13(10-12)7-9-15(17-14)16(3,4)5/h6-11,15H,1-5H3. The quantitative estimate of drug-likeness (QED) is 0.683. The van der Waals surface area contributed by atoms with Crippen molar-refractivity contribution in [2.45, 2.75) is 46.6 Å². The summed E-state index contributed by atoms with van der Waals surface area (Å²) >= 11 is 0. The Balaban J connectivity index is 2.30. The van der Waals surface area contributed by atoms with Gasteiger partial charge in [-0.2, -0.15) is 0 Å². The molecule has 1 heteroatoms. The Kier molecular flexibility index (Phi) is 3.03. The maximum Gasteiger partial charge on any atom is 0.127 e. The van der Waals surface area contributed by atoms with E-state index in [9.17, 15) is 0 Å². The van der Waals surface area contributed by atoms with E-state index in [1.807, 2.05) is 0 Å². The molecule has 1 aromatic carbocycles. The smallest absolute Gasteiger partial charge is 0.127 e. The highest BCUT2D eigenvalue weighted by Gasteiger charge is 2.27. The zero-order chi connectivity index (χ0) is 12.6. The second kappa shape index (κ2) is 4.21. The summed E-state index contributed by atoms with van der Waals surface area (Å²) in [5.41, 5.74) is 2.72.